The number of halogens is 1. The van der Waals surface area contributed by atoms with Gasteiger partial charge >= 0.3 is 1.43 Å². The zero-order valence-corrected chi connectivity index (χ0v) is 7.70. The van der Waals surface area contributed by atoms with Crippen LogP contribution in [0.1, 0.15) is 6.99 Å². The number of amidine groups is 1. The van der Waals surface area contributed by atoms with E-state index in [0.717, 1.165) is 5.56 Å². The quantitative estimate of drug-likeness (QED) is 0.444. The standard InChI is InChI=1S/C7H8N2.HI/c8-7(9)6-4-2-1-3-5-6;/h1-5H,(H3,8,9);1H/p+1. The molecular formula is C7H10IN2+. The molecule has 0 bridgehead atoms. The molecule has 0 aliphatic heterocycles. The minimum absolute atomic E-state index is 0. The van der Waals surface area contributed by atoms with E-state index in [2.05, 4.69) is 0 Å². The van der Waals surface area contributed by atoms with Gasteiger partial charge in [-0.05, 0) is 0 Å². The lowest BCUT2D eigenvalue weighted by molar-refractivity contribution is 1.42. The molecule has 1 rings (SSSR count). The monoisotopic (exact) mass is 249 g/mol. The molecule has 0 saturated heterocycles. The van der Waals surface area contributed by atoms with Crippen molar-refractivity contribution in [2.45, 2.75) is 0 Å². The molecule has 1 aromatic carbocycles. The third-order valence-corrected chi connectivity index (χ3v) is 1.08. The molecule has 0 heterocycles. The van der Waals surface area contributed by atoms with Crippen molar-refractivity contribution < 1.29 is 1.43 Å². The van der Waals surface area contributed by atoms with Gasteiger partial charge in [0.1, 0.15) is 5.84 Å². The van der Waals surface area contributed by atoms with Crippen LogP contribution in [0.4, 0.5) is 0 Å². The number of nitrogen functional groups attached to an aromatic ring is 1. The average molecular weight is 249 g/mol. The average Bonchev–Trinajstić information content (AvgIpc) is 1.90. The van der Waals surface area contributed by atoms with Crippen LogP contribution in [0, 0.1) is 5.41 Å². The lowest BCUT2D eigenvalue weighted by atomic mass is 10.2. The molecule has 0 unspecified atom stereocenters. The maximum atomic E-state index is 7.01. The normalized spacial score (nSPS) is 8.00. The SMILES string of the molecule is I.N=C(N)c1ccccc1.[H+]. The molecule has 0 aliphatic rings. The van der Waals surface area contributed by atoms with Gasteiger partial charge in [0.15, 0.2) is 0 Å². The van der Waals surface area contributed by atoms with Gasteiger partial charge in [0.05, 0.1) is 0 Å². The van der Waals surface area contributed by atoms with Crippen molar-refractivity contribution in [3.8, 4) is 0 Å². The molecule has 3 heteroatoms. The maximum absolute atomic E-state index is 7.01. The Bertz CT molecular complexity index is 213. The summed E-state index contributed by atoms with van der Waals surface area (Å²) in [6, 6.07) is 9.23. The highest BCUT2D eigenvalue weighted by Gasteiger charge is 1.89. The first-order chi connectivity index (χ1) is 4.30. The van der Waals surface area contributed by atoms with Crippen molar-refractivity contribution in [2.24, 2.45) is 5.73 Å². The van der Waals surface area contributed by atoms with E-state index in [-0.39, 0.29) is 31.2 Å². The number of hydrogen-bond acceptors (Lipinski definition) is 1. The minimum Gasteiger partial charge on any atom is -0.384 e. The minimum atomic E-state index is 0. The summed E-state index contributed by atoms with van der Waals surface area (Å²) in [5.41, 5.74) is 5.97. The number of benzene rings is 1. The van der Waals surface area contributed by atoms with Gasteiger partial charge < -0.3 is 5.73 Å². The zero-order valence-electron chi connectivity index (χ0n) is 6.37. The number of nitrogens with one attached hydrogen (secondary N) is 1. The Morgan fingerprint density at radius 3 is 2.10 bits per heavy atom. The summed E-state index contributed by atoms with van der Waals surface area (Å²) in [6.45, 7) is 0. The first kappa shape index (κ1) is 9.42. The van der Waals surface area contributed by atoms with Gasteiger partial charge in [-0.25, -0.2) is 0 Å². The van der Waals surface area contributed by atoms with Gasteiger partial charge in [-0.2, -0.15) is 0 Å². The topological polar surface area (TPSA) is 49.9 Å². The van der Waals surface area contributed by atoms with Crippen molar-refractivity contribution in [1.29, 1.82) is 5.41 Å². The Hall–Kier alpha value is -0.580. The van der Waals surface area contributed by atoms with Crippen LogP contribution in [-0.4, -0.2) is 5.84 Å². The van der Waals surface area contributed by atoms with E-state index < -0.39 is 0 Å². The van der Waals surface area contributed by atoms with E-state index >= 15 is 0 Å². The summed E-state index contributed by atoms with van der Waals surface area (Å²) < 4.78 is 0. The third kappa shape index (κ3) is 2.34. The highest BCUT2D eigenvalue weighted by atomic mass is 127. The number of nitrogens with two attached hydrogens (primary N) is 1. The van der Waals surface area contributed by atoms with Gasteiger partial charge in [0.25, 0.3) is 0 Å². The van der Waals surface area contributed by atoms with Gasteiger partial charge in [-0.15, -0.1) is 24.0 Å². The van der Waals surface area contributed by atoms with Crippen LogP contribution in [-0.2, 0) is 0 Å². The number of rotatable bonds is 1. The van der Waals surface area contributed by atoms with Crippen LogP contribution >= 0.6 is 24.0 Å². The highest BCUT2D eigenvalue weighted by molar-refractivity contribution is 14.0. The summed E-state index contributed by atoms with van der Waals surface area (Å²) in [5.74, 6) is 0.121. The zero-order chi connectivity index (χ0) is 6.69. The van der Waals surface area contributed by atoms with Crippen LogP contribution in [0.15, 0.2) is 30.3 Å². The Morgan fingerprint density at radius 1 is 1.30 bits per heavy atom. The Labute approximate surface area is 78.5 Å². The molecule has 2 nitrogen and oxygen atoms in total. The van der Waals surface area contributed by atoms with Crippen molar-refractivity contribution in [1.82, 2.24) is 0 Å². The van der Waals surface area contributed by atoms with E-state index in [0.29, 0.717) is 0 Å². The van der Waals surface area contributed by atoms with Crippen molar-refractivity contribution in [2.75, 3.05) is 0 Å². The van der Waals surface area contributed by atoms with Crippen LogP contribution in [0.3, 0.4) is 0 Å². The van der Waals surface area contributed by atoms with E-state index in [9.17, 15) is 0 Å². The molecular weight excluding hydrogens is 239 g/mol. The molecule has 0 atom stereocenters. The lowest BCUT2D eigenvalue weighted by Gasteiger charge is -1.93. The molecule has 10 heavy (non-hydrogen) atoms. The summed E-state index contributed by atoms with van der Waals surface area (Å²) in [6.07, 6.45) is 0. The molecule has 54 valence electrons. The fourth-order valence-corrected chi connectivity index (χ4v) is 0.618. The Balaban J connectivity index is 0. The third-order valence-electron chi connectivity index (χ3n) is 1.08. The second-order valence-electron chi connectivity index (χ2n) is 1.78. The van der Waals surface area contributed by atoms with E-state index in [1.165, 1.54) is 0 Å². The molecule has 0 spiro atoms. The predicted octanol–water partition coefficient (Wildman–Crippen LogP) is 1.70. The van der Waals surface area contributed by atoms with Gasteiger partial charge in [-0.3, -0.25) is 5.41 Å². The Morgan fingerprint density at radius 2 is 1.80 bits per heavy atom. The van der Waals surface area contributed by atoms with Crippen molar-refractivity contribution in [3.05, 3.63) is 35.9 Å². The van der Waals surface area contributed by atoms with Crippen LogP contribution in [0.25, 0.3) is 0 Å². The Kier molecular flexibility index (Phi) is 4.02. The number of hydrogen-bond donors (Lipinski definition) is 2. The highest BCUT2D eigenvalue weighted by Crippen LogP contribution is 1.94. The van der Waals surface area contributed by atoms with Gasteiger partial charge in [0.2, 0.25) is 0 Å². The second kappa shape index (κ2) is 4.27. The molecule has 0 radical (unpaired) electrons. The summed E-state index contributed by atoms with van der Waals surface area (Å²) in [7, 11) is 0. The van der Waals surface area contributed by atoms with Crippen molar-refractivity contribution >= 4 is 29.8 Å². The van der Waals surface area contributed by atoms with E-state index in [1.54, 1.807) is 0 Å². The summed E-state index contributed by atoms with van der Waals surface area (Å²) in [4.78, 5) is 0. The summed E-state index contributed by atoms with van der Waals surface area (Å²) >= 11 is 0. The van der Waals surface area contributed by atoms with Crippen LogP contribution in [0.5, 0.6) is 0 Å². The molecule has 3 N–H and O–H groups in total. The largest absolute Gasteiger partial charge is 1.00 e. The second-order valence-corrected chi connectivity index (χ2v) is 1.78. The van der Waals surface area contributed by atoms with Crippen molar-refractivity contribution in [3.63, 3.8) is 0 Å². The fourth-order valence-electron chi connectivity index (χ4n) is 0.618. The van der Waals surface area contributed by atoms with Crippen LogP contribution in [0.2, 0.25) is 0 Å². The molecule has 0 aliphatic carbocycles. The molecule has 0 saturated carbocycles. The van der Waals surface area contributed by atoms with Gasteiger partial charge in [-0.1, -0.05) is 30.3 Å². The molecule has 0 amide bonds. The van der Waals surface area contributed by atoms with E-state index in [1.807, 2.05) is 30.3 Å². The lowest BCUT2D eigenvalue weighted by Crippen LogP contribution is -2.10. The first-order valence-corrected chi connectivity index (χ1v) is 2.70. The maximum Gasteiger partial charge on any atom is 1.00 e. The fraction of sp³-hybridized carbons (Fsp3) is 0. The predicted molar refractivity (Wildman–Crippen MR) is 54.0 cm³/mol. The smallest absolute Gasteiger partial charge is 0.384 e. The molecule has 1 aromatic rings. The summed E-state index contributed by atoms with van der Waals surface area (Å²) in [5, 5.41) is 7.01. The molecule has 0 aromatic heterocycles. The van der Waals surface area contributed by atoms with Crippen LogP contribution < -0.4 is 5.73 Å². The molecule has 0 fully saturated rings. The van der Waals surface area contributed by atoms with Gasteiger partial charge in [0, 0.05) is 5.56 Å². The first-order valence-electron chi connectivity index (χ1n) is 2.70. The van der Waals surface area contributed by atoms with E-state index in [4.69, 9.17) is 11.1 Å².